The summed E-state index contributed by atoms with van der Waals surface area (Å²) >= 11 is 0. The normalized spacial score (nSPS) is 11.5. The van der Waals surface area contributed by atoms with Crippen molar-refractivity contribution in [3.05, 3.63) is 206 Å². The lowest BCUT2D eigenvalue weighted by molar-refractivity contribution is 1.60. The van der Waals surface area contributed by atoms with Gasteiger partial charge in [0.1, 0.15) is 0 Å². The van der Waals surface area contributed by atoms with Crippen molar-refractivity contribution in [1.82, 2.24) is 0 Å². The number of hydrogen-bond acceptors (Lipinski definition) is 0. The molecule has 0 radical (unpaired) electrons. The predicted molar refractivity (Wildman–Crippen MR) is 224 cm³/mol. The molecule has 0 saturated heterocycles. The average Bonchev–Trinajstić information content (AvgIpc) is 3.22. The molecule has 0 bridgehead atoms. The molecule has 0 N–H and O–H groups in total. The highest BCUT2D eigenvalue weighted by Gasteiger charge is 2.21. The second-order valence-corrected chi connectivity index (χ2v) is 13.6. The maximum Gasteiger partial charge on any atom is -0.00143 e. The van der Waals surface area contributed by atoms with Crippen molar-refractivity contribution in [3.63, 3.8) is 0 Å². The Labute approximate surface area is 303 Å². The van der Waals surface area contributed by atoms with Gasteiger partial charge in [-0.25, -0.2) is 0 Å². The molecular weight excluding hydrogens is 625 g/mol. The van der Waals surface area contributed by atoms with Crippen LogP contribution in [0.25, 0.3) is 98.7 Å². The van der Waals surface area contributed by atoms with E-state index in [0.717, 1.165) is 0 Å². The molecule has 0 aliphatic heterocycles. The van der Waals surface area contributed by atoms with E-state index in [0.29, 0.717) is 0 Å². The van der Waals surface area contributed by atoms with Crippen molar-refractivity contribution in [2.24, 2.45) is 0 Å². The first-order valence-corrected chi connectivity index (χ1v) is 18.0. The first-order valence-electron chi connectivity index (χ1n) is 18.0. The van der Waals surface area contributed by atoms with Crippen molar-refractivity contribution in [2.45, 2.75) is 0 Å². The van der Waals surface area contributed by atoms with Gasteiger partial charge in [-0.05, 0) is 111 Å². The van der Waals surface area contributed by atoms with Gasteiger partial charge >= 0.3 is 0 Å². The van der Waals surface area contributed by atoms with E-state index in [1.165, 1.54) is 98.7 Å². The molecule has 0 amide bonds. The fourth-order valence-electron chi connectivity index (χ4n) is 8.39. The fraction of sp³-hybridized carbons (Fsp3) is 0. The van der Waals surface area contributed by atoms with E-state index in [4.69, 9.17) is 0 Å². The molecule has 0 saturated carbocycles. The minimum atomic E-state index is 1.22. The third kappa shape index (κ3) is 4.92. The average molecular weight is 659 g/mol. The highest BCUT2D eigenvalue weighted by Crippen LogP contribution is 2.49. The predicted octanol–water partition coefficient (Wildman–Crippen LogP) is 14.6. The summed E-state index contributed by atoms with van der Waals surface area (Å²) < 4.78 is 0. The molecular formula is C52H34. The highest BCUT2D eigenvalue weighted by molar-refractivity contribution is 6.24. The molecule has 10 aromatic rings. The van der Waals surface area contributed by atoms with Crippen LogP contribution >= 0.6 is 0 Å². The van der Waals surface area contributed by atoms with Gasteiger partial charge in [0.25, 0.3) is 0 Å². The van der Waals surface area contributed by atoms with Crippen LogP contribution in [0.5, 0.6) is 0 Å². The van der Waals surface area contributed by atoms with Gasteiger partial charge in [-0.15, -0.1) is 0 Å². The van der Waals surface area contributed by atoms with E-state index in [-0.39, 0.29) is 0 Å². The highest BCUT2D eigenvalue weighted by atomic mass is 14.2. The van der Waals surface area contributed by atoms with Gasteiger partial charge in [0, 0.05) is 0 Å². The Kier molecular flexibility index (Phi) is 7.25. The van der Waals surface area contributed by atoms with Gasteiger partial charge in [0.15, 0.2) is 0 Å². The van der Waals surface area contributed by atoms with Gasteiger partial charge in [-0.3, -0.25) is 0 Å². The first kappa shape index (κ1) is 30.1. The molecule has 10 rings (SSSR count). The first-order chi connectivity index (χ1) is 25.8. The summed E-state index contributed by atoms with van der Waals surface area (Å²) in [5, 5.41) is 10.0. The second kappa shape index (κ2) is 12.5. The van der Waals surface area contributed by atoms with E-state index < -0.39 is 0 Å². The van der Waals surface area contributed by atoms with Gasteiger partial charge in [0.2, 0.25) is 0 Å². The number of fused-ring (bicyclic) bond motifs is 4. The summed E-state index contributed by atoms with van der Waals surface area (Å²) in [6.07, 6.45) is 0. The summed E-state index contributed by atoms with van der Waals surface area (Å²) in [6, 6.07) is 75.6. The van der Waals surface area contributed by atoms with E-state index in [2.05, 4.69) is 206 Å². The smallest absolute Gasteiger partial charge is 0.00143 e. The Morgan fingerprint density at radius 1 is 0.212 bits per heavy atom. The Bertz CT molecular complexity index is 2730. The molecule has 0 fully saturated rings. The lowest BCUT2D eigenvalue weighted by Crippen LogP contribution is -1.94. The molecule has 0 aromatic heterocycles. The van der Waals surface area contributed by atoms with E-state index in [1.54, 1.807) is 0 Å². The second-order valence-electron chi connectivity index (χ2n) is 13.6. The zero-order valence-corrected chi connectivity index (χ0v) is 28.6. The van der Waals surface area contributed by atoms with E-state index >= 15 is 0 Å². The van der Waals surface area contributed by atoms with E-state index in [1.807, 2.05) is 0 Å². The minimum absolute atomic E-state index is 1.22. The van der Waals surface area contributed by atoms with Crippen LogP contribution in [0.1, 0.15) is 0 Å². The number of rotatable bonds is 5. The summed E-state index contributed by atoms with van der Waals surface area (Å²) in [7, 11) is 0. The summed E-state index contributed by atoms with van der Waals surface area (Å²) in [6.45, 7) is 0. The van der Waals surface area contributed by atoms with E-state index in [9.17, 15) is 0 Å². The van der Waals surface area contributed by atoms with Crippen molar-refractivity contribution in [3.8, 4) is 55.6 Å². The largest absolute Gasteiger partial charge is 0.0622 e. The maximum absolute atomic E-state index is 2.37. The molecule has 0 atom stereocenters. The molecule has 0 heterocycles. The minimum Gasteiger partial charge on any atom is -0.0622 e. The van der Waals surface area contributed by atoms with Crippen molar-refractivity contribution in [2.75, 3.05) is 0 Å². The van der Waals surface area contributed by atoms with Crippen LogP contribution in [0.4, 0.5) is 0 Å². The van der Waals surface area contributed by atoms with Crippen LogP contribution < -0.4 is 0 Å². The quantitative estimate of drug-likeness (QED) is 0.161. The molecule has 0 aliphatic carbocycles. The van der Waals surface area contributed by atoms with Gasteiger partial charge in [-0.1, -0.05) is 194 Å². The molecule has 242 valence electrons. The Morgan fingerprint density at radius 2 is 0.538 bits per heavy atom. The SMILES string of the molecule is c1ccc(-c2ccccc2-c2c3ccccc3cc3cccc(-c4cccc5cc6ccccc6c(-c6ccccc6-c6ccccc6)c45)c23)cc1. The molecule has 0 aliphatic rings. The molecule has 52 heavy (non-hydrogen) atoms. The summed E-state index contributed by atoms with van der Waals surface area (Å²) in [4.78, 5) is 0. The van der Waals surface area contributed by atoms with Crippen molar-refractivity contribution < 1.29 is 0 Å². The third-order valence-electron chi connectivity index (χ3n) is 10.6. The molecule has 0 spiro atoms. The Morgan fingerprint density at radius 3 is 0.981 bits per heavy atom. The maximum atomic E-state index is 2.37. The van der Waals surface area contributed by atoms with Gasteiger partial charge in [-0.2, -0.15) is 0 Å². The van der Waals surface area contributed by atoms with Crippen LogP contribution in [0, 0.1) is 0 Å². The monoisotopic (exact) mass is 658 g/mol. The summed E-state index contributed by atoms with van der Waals surface area (Å²) in [5.41, 5.74) is 12.4. The zero-order valence-electron chi connectivity index (χ0n) is 28.6. The van der Waals surface area contributed by atoms with Crippen LogP contribution in [-0.2, 0) is 0 Å². The molecule has 10 aromatic carbocycles. The van der Waals surface area contributed by atoms with Crippen LogP contribution in [0.2, 0.25) is 0 Å². The Balaban J connectivity index is 1.37. The Hall–Kier alpha value is -6.76. The van der Waals surface area contributed by atoms with Crippen LogP contribution in [-0.4, -0.2) is 0 Å². The van der Waals surface area contributed by atoms with Crippen LogP contribution in [0.15, 0.2) is 206 Å². The molecule has 0 unspecified atom stereocenters. The fourth-order valence-corrected chi connectivity index (χ4v) is 8.39. The lowest BCUT2D eigenvalue weighted by Gasteiger charge is -2.21. The number of hydrogen-bond donors (Lipinski definition) is 0. The molecule has 0 nitrogen and oxygen atoms in total. The molecule has 0 heteroatoms. The van der Waals surface area contributed by atoms with Crippen LogP contribution in [0.3, 0.4) is 0 Å². The summed E-state index contributed by atoms with van der Waals surface area (Å²) in [5.74, 6) is 0. The van der Waals surface area contributed by atoms with Crippen molar-refractivity contribution >= 4 is 43.1 Å². The van der Waals surface area contributed by atoms with Crippen molar-refractivity contribution in [1.29, 1.82) is 0 Å². The topological polar surface area (TPSA) is 0 Å². The van der Waals surface area contributed by atoms with Gasteiger partial charge in [0.05, 0.1) is 0 Å². The zero-order chi connectivity index (χ0) is 34.4. The standard InChI is InChI=1S/C52H34/c1-3-17-35(18-4-1)41-25-11-13-29-45(41)51-43-27-9-7-21-37(43)33-39-23-15-31-47(49(39)51)48-32-16-24-40-34-38-22-8-10-28-44(38)52(50(40)48)46-30-14-12-26-42(46)36-19-5-2-6-20-36/h1-34H. The van der Waals surface area contributed by atoms with Gasteiger partial charge < -0.3 is 0 Å². The number of benzene rings is 10. The lowest BCUT2D eigenvalue weighted by atomic mass is 9.82. The third-order valence-corrected chi connectivity index (χ3v) is 10.6.